The molecule has 5 aromatic rings. The van der Waals surface area contributed by atoms with Gasteiger partial charge in [0.05, 0.1) is 0 Å². The average molecular weight is 930 g/mol. The van der Waals surface area contributed by atoms with E-state index < -0.39 is 0 Å². The van der Waals surface area contributed by atoms with Gasteiger partial charge >= 0.3 is 0 Å². The lowest BCUT2D eigenvalue weighted by Gasteiger charge is -2.33. The van der Waals surface area contributed by atoms with Crippen LogP contribution in [-0.2, 0) is 0 Å². The number of unbranched alkanes of at least 4 members (excludes halogenated alkanes) is 2. The number of imide groups is 2. The third-order valence-electron chi connectivity index (χ3n) is 11.0. The van der Waals surface area contributed by atoms with E-state index in [1.165, 1.54) is 9.80 Å². The van der Waals surface area contributed by atoms with Crippen LogP contribution in [0.15, 0.2) is 42.2 Å². The number of benzene rings is 5. The highest BCUT2D eigenvalue weighted by molar-refractivity contribution is 9.11. The Balaban J connectivity index is 1.50. The van der Waals surface area contributed by atoms with E-state index in [0.29, 0.717) is 64.0 Å². The number of hydrogen-bond acceptors (Lipinski definition) is 4. The molecule has 0 N–H and O–H groups in total. The van der Waals surface area contributed by atoms with E-state index in [4.69, 9.17) is 0 Å². The van der Waals surface area contributed by atoms with Gasteiger partial charge in [-0.05, 0) is 48.9 Å². The standard InChI is InChI=1S/C40H38Br4N2O4/c1-5-9-11-19(7-3)17-45-37(47)21-13-25(41)31-33-27(43)15-23-30-24(40(50)46(39(23)49)18-20(8-4)12-10-6-2)16-28(44)34(36(30)33)32-26(42)14-22(38(45)48)29(21)35(31)32/h13-16,19-20H,5-12,17-18H2,1-4H3. The monoisotopic (exact) mass is 926 g/mol. The van der Waals surface area contributed by atoms with Crippen molar-refractivity contribution in [2.24, 2.45) is 11.8 Å². The maximum Gasteiger partial charge on any atom is 0.261 e. The summed E-state index contributed by atoms with van der Waals surface area (Å²) in [6.45, 7) is 9.30. The van der Waals surface area contributed by atoms with Crippen LogP contribution in [0.5, 0.6) is 0 Å². The van der Waals surface area contributed by atoms with Crippen LogP contribution in [0.25, 0.3) is 43.1 Å². The molecule has 0 radical (unpaired) electrons. The van der Waals surface area contributed by atoms with Gasteiger partial charge in [0.1, 0.15) is 0 Å². The molecule has 260 valence electrons. The van der Waals surface area contributed by atoms with E-state index in [0.717, 1.165) is 83.7 Å². The highest BCUT2D eigenvalue weighted by atomic mass is 79.9. The van der Waals surface area contributed by atoms with Gasteiger partial charge in [0.25, 0.3) is 23.6 Å². The molecule has 4 amide bonds. The number of carbonyl (C=O) groups is 4. The summed E-state index contributed by atoms with van der Waals surface area (Å²) in [6, 6.07) is 7.37. The van der Waals surface area contributed by atoms with Gasteiger partial charge in [-0.3, -0.25) is 29.0 Å². The third kappa shape index (κ3) is 5.40. The zero-order chi connectivity index (χ0) is 35.8. The van der Waals surface area contributed by atoms with Gasteiger partial charge in [-0.1, -0.05) is 130 Å². The fourth-order valence-corrected chi connectivity index (χ4v) is 10.7. The highest BCUT2D eigenvalue weighted by Gasteiger charge is 2.40. The molecule has 6 nitrogen and oxygen atoms in total. The van der Waals surface area contributed by atoms with Crippen LogP contribution in [0.2, 0.25) is 0 Å². The van der Waals surface area contributed by atoms with E-state index in [2.05, 4.69) is 91.4 Å². The van der Waals surface area contributed by atoms with Crippen molar-refractivity contribution in [1.82, 2.24) is 9.80 Å². The Labute approximate surface area is 325 Å². The fraction of sp³-hybridized carbons (Fsp3) is 0.400. The molecule has 0 spiro atoms. The van der Waals surface area contributed by atoms with Crippen LogP contribution in [0.3, 0.4) is 0 Å². The SMILES string of the molecule is CCCCC(CC)CN1C(=O)c2cc(Br)c3c4c(Br)cc5c6c(cc(Br)c(c7c(Br)cc(c2c37)C1=O)c64)C(=O)N(CC(CC)CCCC)C5=O. The van der Waals surface area contributed by atoms with Crippen LogP contribution >= 0.6 is 63.7 Å². The van der Waals surface area contributed by atoms with E-state index >= 15 is 0 Å². The molecule has 0 aliphatic carbocycles. The maximum atomic E-state index is 14.2. The number of hydrogen-bond donors (Lipinski definition) is 0. The minimum Gasteiger partial charge on any atom is -0.274 e. The first-order valence-electron chi connectivity index (χ1n) is 17.7. The molecule has 0 aromatic heterocycles. The number of nitrogens with zero attached hydrogens (tertiary/aromatic N) is 2. The molecule has 0 saturated carbocycles. The Kier molecular flexibility index (Phi) is 9.98. The summed E-state index contributed by atoms with van der Waals surface area (Å²) in [5.41, 5.74) is 1.95. The molecule has 0 bridgehead atoms. The molecule has 2 aliphatic rings. The van der Waals surface area contributed by atoms with E-state index in [9.17, 15) is 19.2 Å². The van der Waals surface area contributed by atoms with Crippen molar-refractivity contribution in [2.75, 3.05) is 13.1 Å². The van der Waals surface area contributed by atoms with Gasteiger partial charge in [-0.25, -0.2) is 0 Å². The first kappa shape index (κ1) is 36.0. The maximum absolute atomic E-state index is 14.2. The lowest BCUT2D eigenvalue weighted by Crippen LogP contribution is -2.43. The summed E-state index contributed by atoms with van der Waals surface area (Å²) < 4.78 is 2.80. The molecule has 0 saturated heterocycles. The Morgan fingerprint density at radius 2 is 0.740 bits per heavy atom. The van der Waals surface area contributed by atoms with Crippen molar-refractivity contribution in [3.8, 4) is 0 Å². The number of carbonyl (C=O) groups excluding carboxylic acids is 4. The first-order valence-corrected chi connectivity index (χ1v) is 20.9. The van der Waals surface area contributed by atoms with E-state index in [1.54, 1.807) is 0 Å². The van der Waals surface area contributed by atoms with Crippen molar-refractivity contribution in [3.63, 3.8) is 0 Å². The minimum absolute atomic E-state index is 0.230. The summed E-state index contributed by atoms with van der Waals surface area (Å²) in [7, 11) is 0. The second-order valence-electron chi connectivity index (χ2n) is 13.9. The quantitative estimate of drug-likeness (QED) is 0.0710. The van der Waals surface area contributed by atoms with Crippen molar-refractivity contribution in [3.05, 3.63) is 64.4 Å². The molecule has 2 atom stereocenters. The summed E-state index contributed by atoms with van der Waals surface area (Å²) in [6.07, 6.45) is 7.93. The van der Waals surface area contributed by atoms with Crippen LogP contribution < -0.4 is 0 Å². The van der Waals surface area contributed by atoms with E-state index in [1.807, 2.05) is 24.3 Å². The highest BCUT2D eigenvalue weighted by Crippen LogP contribution is 2.54. The van der Waals surface area contributed by atoms with Gasteiger partial charge in [-0.2, -0.15) is 0 Å². The molecular weight excluding hydrogens is 892 g/mol. The molecule has 2 heterocycles. The number of amides is 4. The average Bonchev–Trinajstić information content (AvgIpc) is 3.10. The molecule has 0 fully saturated rings. The molecule has 2 aliphatic heterocycles. The Hall–Kier alpha value is -2.40. The van der Waals surface area contributed by atoms with Crippen LogP contribution in [-0.4, -0.2) is 46.5 Å². The third-order valence-corrected chi connectivity index (χ3v) is 13.5. The van der Waals surface area contributed by atoms with E-state index in [-0.39, 0.29) is 35.5 Å². The van der Waals surface area contributed by atoms with Gasteiger partial charge in [0.2, 0.25) is 0 Å². The molecule has 10 heteroatoms. The number of halogens is 4. The lowest BCUT2D eigenvalue weighted by molar-refractivity contribution is 0.0565. The number of rotatable bonds is 12. The lowest BCUT2D eigenvalue weighted by atomic mass is 9.82. The summed E-state index contributed by atoms with van der Waals surface area (Å²) in [5.74, 6) is -0.679. The minimum atomic E-state index is -0.284. The zero-order valence-electron chi connectivity index (χ0n) is 28.6. The molecule has 50 heavy (non-hydrogen) atoms. The van der Waals surface area contributed by atoms with Crippen molar-refractivity contribution in [1.29, 1.82) is 0 Å². The zero-order valence-corrected chi connectivity index (χ0v) is 34.9. The molecule has 5 aromatic carbocycles. The summed E-state index contributed by atoms with van der Waals surface area (Å²) in [4.78, 5) is 59.8. The summed E-state index contributed by atoms with van der Waals surface area (Å²) in [5, 5.41) is 6.07. The normalized spacial score (nSPS) is 15.9. The molecule has 7 rings (SSSR count). The van der Waals surface area contributed by atoms with Crippen LogP contribution in [0.4, 0.5) is 0 Å². The van der Waals surface area contributed by atoms with Crippen LogP contribution in [0.1, 0.15) is 120 Å². The molecular formula is C40H38Br4N2O4. The van der Waals surface area contributed by atoms with Crippen molar-refractivity contribution >= 4 is 130 Å². The topological polar surface area (TPSA) is 74.8 Å². The van der Waals surface area contributed by atoms with Gasteiger partial charge < -0.3 is 0 Å². The second-order valence-corrected chi connectivity index (χ2v) is 17.3. The summed E-state index contributed by atoms with van der Waals surface area (Å²) >= 11 is 15.4. The van der Waals surface area contributed by atoms with Gasteiger partial charge in [0.15, 0.2) is 0 Å². The fourth-order valence-electron chi connectivity index (χ4n) is 8.24. The second kappa shape index (κ2) is 13.9. The predicted molar refractivity (Wildman–Crippen MR) is 216 cm³/mol. The Bertz CT molecular complexity index is 1990. The molecule has 2 unspecified atom stereocenters. The smallest absolute Gasteiger partial charge is 0.261 e. The van der Waals surface area contributed by atoms with Gasteiger partial charge in [0, 0.05) is 96.3 Å². The first-order chi connectivity index (χ1) is 24.0. The van der Waals surface area contributed by atoms with Crippen LogP contribution in [0, 0.1) is 11.8 Å². The van der Waals surface area contributed by atoms with Crippen molar-refractivity contribution < 1.29 is 19.2 Å². The van der Waals surface area contributed by atoms with Gasteiger partial charge in [-0.15, -0.1) is 0 Å². The van der Waals surface area contributed by atoms with Crippen molar-refractivity contribution in [2.45, 2.75) is 79.1 Å². The Morgan fingerprint density at radius 3 is 0.980 bits per heavy atom. The number of fused-ring (bicyclic) bond motifs is 2. The predicted octanol–water partition coefficient (Wildman–Crippen LogP) is 12.4. The largest absolute Gasteiger partial charge is 0.274 e. The Morgan fingerprint density at radius 1 is 0.460 bits per heavy atom.